The van der Waals surface area contributed by atoms with E-state index in [0.717, 1.165) is 21.7 Å². The third-order valence-electron chi connectivity index (χ3n) is 4.42. The number of nitrogens with zero attached hydrogens (tertiary/aromatic N) is 1. The Kier molecular flexibility index (Phi) is 5.88. The number of hydrogen-bond acceptors (Lipinski definition) is 5. The lowest BCUT2D eigenvalue weighted by molar-refractivity contribution is 0.401. The lowest BCUT2D eigenvalue weighted by atomic mass is 9.87. The van der Waals surface area contributed by atoms with Gasteiger partial charge in [0.1, 0.15) is 15.7 Å². The fourth-order valence-corrected chi connectivity index (χ4v) is 4.60. The first kappa shape index (κ1) is 20.5. The fraction of sp³-hybridized carbons (Fsp3) is 0.286. The van der Waals surface area contributed by atoms with Crippen LogP contribution in [0.25, 0.3) is 10.6 Å². The van der Waals surface area contributed by atoms with E-state index in [2.05, 4.69) is 9.71 Å². The lowest BCUT2D eigenvalue weighted by Gasteiger charge is -2.21. The monoisotopic (exact) mass is 416 g/mol. The second-order valence-electron chi connectivity index (χ2n) is 7.47. The van der Waals surface area contributed by atoms with Crippen molar-refractivity contribution in [3.63, 3.8) is 0 Å². The summed E-state index contributed by atoms with van der Waals surface area (Å²) in [5.41, 5.74) is 2.65. The van der Waals surface area contributed by atoms with Crippen LogP contribution in [0.2, 0.25) is 0 Å². The first-order valence-corrected chi connectivity index (χ1v) is 11.2. The van der Waals surface area contributed by atoms with Crippen LogP contribution in [0.5, 0.6) is 5.75 Å². The van der Waals surface area contributed by atoms with Crippen molar-refractivity contribution in [2.24, 2.45) is 0 Å². The van der Waals surface area contributed by atoms with Gasteiger partial charge in [0.15, 0.2) is 0 Å². The lowest BCUT2D eigenvalue weighted by Crippen LogP contribution is -2.24. The zero-order valence-electron chi connectivity index (χ0n) is 16.4. The summed E-state index contributed by atoms with van der Waals surface area (Å²) in [4.78, 5) is 4.44. The smallest absolute Gasteiger partial charge is 0.244 e. The van der Waals surface area contributed by atoms with Gasteiger partial charge >= 0.3 is 0 Å². The van der Waals surface area contributed by atoms with Gasteiger partial charge in [0, 0.05) is 23.7 Å². The second kappa shape index (κ2) is 8.03. The molecule has 0 aliphatic rings. The molecule has 3 aromatic rings. The molecule has 0 saturated heterocycles. The SMILES string of the molecule is COc1ccc(C(C)(C)C)cc1S(=O)(=O)NCc1ccc(-c2nccs2)cc1. The summed E-state index contributed by atoms with van der Waals surface area (Å²) >= 11 is 1.57. The van der Waals surface area contributed by atoms with Crippen LogP contribution >= 0.6 is 11.3 Å². The molecule has 0 saturated carbocycles. The van der Waals surface area contributed by atoms with Gasteiger partial charge in [-0.2, -0.15) is 0 Å². The van der Waals surface area contributed by atoms with E-state index in [0.29, 0.717) is 5.75 Å². The third-order valence-corrected chi connectivity index (χ3v) is 6.66. The van der Waals surface area contributed by atoms with Gasteiger partial charge in [0.05, 0.1) is 7.11 Å². The molecule has 148 valence electrons. The minimum atomic E-state index is -3.72. The Morgan fingerprint density at radius 1 is 1.11 bits per heavy atom. The molecule has 28 heavy (non-hydrogen) atoms. The molecular weight excluding hydrogens is 392 g/mol. The number of thiazole rings is 1. The highest BCUT2D eigenvalue weighted by Crippen LogP contribution is 2.31. The largest absolute Gasteiger partial charge is 0.495 e. The van der Waals surface area contributed by atoms with Gasteiger partial charge in [-0.3, -0.25) is 0 Å². The number of benzene rings is 2. The second-order valence-corrected chi connectivity index (χ2v) is 10.1. The Morgan fingerprint density at radius 3 is 2.39 bits per heavy atom. The number of hydrogen-bond donors (Lipinski definition) is 1. The molecule has 3 rings (SSSR count). The molecule has 0 amide bonds. The molecule has 7 heteroatoms. The van der Waals surface area contributed by atoms with Crippen molar-refractivity contribution in [3.05, 3.63) is 65.2 Å². The maximum absolute atomic E-state index is 12.9. The van der Waals surface area contributed by atoms with Crippen molar-refractivity contribution < 1.29 is 13.2 Å². The van der Waals surface area contributed by atoms with Crippen LogP contribution in [0.1, 0.15) is 31.9 Å². The Bertz CT molecular complexity index is 1040. The highest BCUT2D eigenvalue weighted by atomic mass is 32.2. The number of ether oxygens (including phenoxy) is 1. The van der Waals surface area contributed by atoms with Gasteiger partial charge in [-0.15, -0.1) is 11.3 Å². The van der Waals surface area contributed by atoms with Crippen molar-refractivity contribution in [3.8, 4) is 16.3 Å². The summed E-state index contributed by atoms with van der Waals surface area (Å²) < 4.78 is 33.8. The molecular formula is C21H24N2O3S2. The van der Waals surface area contributed by atoms with Crippen molar-refractivity contribution in [2.45, 2.75) is 37.6 Å². The van der Waals surface area contributed by atoms with Gasteiger partial charge in [0.25, 0.3) is 0 Å². The predicted molar refractivity (Wildman–Crippen MR) is 113 cm³/mol. The Morgan fingerprint density at radius 2 is 1.82 bits per heavy atom. The number of nitrogens with one attached hydrogen (secondary N) is 1. The summed E-state index contributed by atoms with van der Waals surface area (Å²) in [6, 6.07) is 13.0. The first-order valence-electron chi connectivity index (χ1n) is 8.88. The zero-order chi connectivity index (χ0) is 20.4. The molecule has 0 aliphatic heterocycles. The van der Waals surface area contributed by atoms with Crippen molar-refractivity contribution in [1.82, 2.24) is 9.71 Å². The molecule has 1 heterocycles. The molecule has 0 aliphatic carbocycles. The van der Waals surface area contributed by atoms with Crippen molar-refractivity contribution in [2.75, 3.05) is 7.11 Å². The van der Waals surface area contributed by atoms with Crippen molar-refractivity contribution >= 4 is 21.4 Å². The molecule has 0 unspecified atom stereocenters. The highest BCUT2D eigenvalue weighted by molar-refractivity contribution is 7.89. The summed E-state index contributed by atoms with van der Waals surface area (Å²) in [6.07, 6.45) is 1.77. The van der Waals surface area contributed by atoms with E-state index in [1.165, 1.54) is 7.11 Å². The van der Waals surface area contributed by atoms with E-state index in [1.807, 2.05) is 56.5 Å². The maximum atomic E-state index is 12.9. The van der Waals surface area contributed by atoms with Crippen LogP contribution in [0.4, 0.5) is 0 Å². The highest BCUT2D eigenvalue weighted by Gasteiger charge is 2.23. The van der Waals surface area contributed by atoms with Crippen LogP contribution in [0.3, 0.4) is 0 Å². The zero-order valence-corrected chi connectivity index (χ0v) is 18.0. The van der Waals surface area contributed by atoms with Gasteiger partial charge in [0.2, 0.25) is 10.0 Å². The van der Waals surface area contributed by atoms with Crippen molar-refractivity contribution in [1.29, 1.82) is 0 Å². The molecule has 5 nitrogen and oxygen atoms in total. The molecule has 1 aromatic heterocycles. The van der Waals surface area contributed by atoms with Gasteiger partial charge in [-0.1, -0.05) is 51.1 Å². The quantitative estimate of drug-likeness (QED) is 0.638. The van der Waals surface area contributed by atoms with Gasteiger partial charge in [-0.05, 0) is 28.7 Å². The van der Waals surface area contributed by atoms with E-state index in [4.69, 9.17) is 4.74 Å². The number of aromatic nitrogens is 1. The topological polar surface area (TPSA) is 68.3 Å². The molecule has 0 bridgehead atoms. The molecule has 2 aromatic carbocycles. The number of sulfonamides is 1. The van der Waals surface area contributed by atoms with Crippen LogP contribution < -0.4 is 9.46 Å². The molecule has 0 radical (unpaired) electrons. The summed E-state index contributed by atoms with van der Waals surface area (Å²) in [6.45, 7) is 6.33. The van der Waals surface area contributed by atoms with E-state index < -0.39 is 10.0 Å². The molecule has 0 atom stereocenters. The predicted octanol–water partition coefficient (Wildman–Crippen LogP) is 4.59. The van der Waals surface area contributed by atoms with E-state index in [1.54, 1.807) is 29.7 Å². The van der Waals surface area contributed by atoms with E-state index in [-0.39, 0.29) is 16.9 Å². The van der Waals surface area contributed by atoms with Crippen LogP contribution in [-0.4, -0.2) is 20.5 Å². The minimum absolute atomic E-state index is 0.154. The molecule has 0 spiro atoms. The summed E-state index contributed by atoms with van der Waals surface area (Å²) in [7, 11) is -2.25. The maximum Gasteiger partial charge on any atom is 0.244 e. The summed E-state index contributed by atoms with van der Waals surface area (Å²) in [5.74, 6) is 0.333. The Balaban J connectivity index is 1.80. The fourth-order valence-electron chi connectivity index (χ4n) is 2.74. The van der Waals surface area contributed by atoms with E-state index >= 15 is 0 Å². The van der Waals surface area contributed by atoms with E-state index in [9.17, 15) is 8.42 Å². The van der Waals surface area contributed by atoms with Crippen LogP contribution in [0.15, 0.2) is 58.9 Å². The van der Waals surface area contributed by atoms with Gasteiger partial charge < -0.3 is 4.74 Å². The molecule has 1 N–H and O–H groups in total. The first-order chi connectivity index (χ1) is 13.2. The van der Waals surface area contributed by atoms with Crippen LogP contribution in [-0.2, 0) is 22.0 Å². The summed E-state index contributed by atoms with van der Waals surface area (Å²) in [5, 5.41) is 2.87. The number of methoxy groups -OCH3 is 1. The van der Waals surface area contributed by atoms with Crippen LogP contribution in [0, 0.1) is 0 Å². The van der Waals surface area contributed by atoms with Gasteiger partial charge in [-0.25, -0.2) is 18.1 Å². The Hall–Kier alpha value is -2.22. The standard InChI is InChI=1S/C21H24N2O3S2/c1-21(2,3)17-9-10-18(26-4)19(13-17)28(24,25)23-14-15-5-7-16(8-6-15)20-22-11-12-27-20/h5-13,23H,14H2,1-4H3. The minimum Gasteiger partial charge on any atom is -0.495 e. The molecule has 0 fully saturated rings. The number of rotatable bonds is 6. The third kappa shape index (κ3) is 4.60. The Labute approximate surface area is 170 Å². The average molecular weight is 417 g/mol. The average Bonchev–Trinajstić information content (AvgIpc) is 3.20. The normalized spacial score (nSPS) is 12.1.